The van der Waals surface area contributed by atoms with Crippen molar-refractivity contribution >= 4 is 5.78 Å². The highest BCUT2D eigenvalue weighted by atomic mass is 16.5. The van der Waals surface area contributed by atoms with Crippen LogP contribution >= 0.6 is 0 Å². The van der Waals surface area contributed by atoms with E-state index in [9.17, 15) is 4.79 Å². The van der Waals surface area contributed by atoms with Crippen LogP contribution in [0.15, 0.2) is 18.2 Å². The van der Waals surface area contributed by atoms with Gasteiger partial charge in [-0.2, -0.15) is 0 Å². The van der Waals surface area contributed by atoms with Gasteiger partial charge in [-0.1, -0.05) is 0 Å². The van der Waals surface area contributed by atoms with Crippen molar-refractivity contribution in [3.05, 3.63) is 29.3 Å². The van der Waals surface area contributed by atoms with Crippen LogP contribution in [-0.4, -0.2) is 25.6 Å². The molecule has 90 valence electrons. The van der Waals surface area contributed by atoms with Crippen molar-refractivity contribution in [1.29, 1.82) is 0 Å². The van der Waals surface area contributed by atoms with Crippen molar-refractivity contribution in [2.45, 2.75) is 25.4 Å². The van der Waals surface area contributed by atoms with Gasteiger partial charge in [-0.3, -0.25) is 4.79 Å². The summed E-state index contributed by atoms with van der Waals surface area (Å²) >= 11 is 0. The molecule has 1 aromatic carbocycles. The first-order valence-corrected chi connectivity index (χ1v) is 6.12. The van der Waals surface area contributed by atoms with E-state index >= 15 is 0 Å². The molecule has 1 aliphatic carbocycles. The predicted molar refractivity (Wildman–Crippen MR) is 63.5 cm³/mol. The summed E-state index contributed by atoms with van der Waals surface area (Å²) in [5.74, 6) is 1.46. The maximum absolute atomic E-state index is 12.3. The zero-order valence-corrected chi connectivity index (χ0v) is 9.94. The van der Waals surface area contributed by atoms with Crippen molar-refractivity contribution < 1.29 is 14.3 Å². The summed E-state index contributed by atoms with van der Waals surface area (Å²) in [5.41, 5.74) is 1.90. The second-order valence-corrected chi connectivity index (χ2v) is 4.78. The first-order valence-electron chi connectivity index (χ1n) is 6.12. The molecular weight excluding hydrogens is 216 g/mol. The lowest BCUT2D eigenvalue weighted by Crippen LogP contribution is -2.25. The highest BCUT2D eigenvalue weighted by molar-refractivity contribution is 6.00. The molecule has 0 aromatic heterocycles. The zero-order chi connectivity index (χ0) is 11.8. The van der Waals surface area contributed by atoms with Gasteiger partial charge < -0.3 is 9.47 Å². The average Bonchev–Trinajstić information content (AvgIpc) is 3.07. The van der Waals surface area contributed by atoms with Gasteiger partial charge in [0.2, 0.25) is 0 Å². The van der Waals surface area contributed by atoms with Crippen LogP contribution in [0.5, 0.6) is 5.75 Å². The van der Waals surface area contributed by atoms with E-state index in [-0.39, 0.29) is 11.9 Å². The SMILES string of the molecule is COC(C(=O)c1ccc2c(c1)CCO2)C1CC1. The molecule has 17 heavy (non-hydrogen) atoms. The number of fused-ring (bicyclic) bond motifs is 1. The van der Waals surface area contributed by atoms with E-state index in [2.05, 4.69) is 0 Å². The summed E-state index contributed by atoms with van der Waals surface area (Å²) in [6.45, 7) is 0.726. The largest absolute Gasteiger partial charge is 0.493 e. The Labute approximate surface area is 101 Å². The molecule has 2 aliphatic rings. The summed E-state index contributed by atoms with van der Waals surface area (Å²) in [5, 5.41) is 0. The molecular formula is C14H16O3. The highest BCUT2D eigenvalue weighted by Gasteiger charge is 2.36. The van der Waals surface area contributed by atoms with Gasteiger partial charge in [0.25, 0.3) is 0 Å². The molecule has 3 rings (SSSR count). The minimum Gasteiger partial charge on any atom is -0.493 e. The summed E-state index contributed by atoms with van der Waals surface area (Å²) in [6.07, 6.45) is 2.86. The van der Waals surface area contributed by atoms with Crippen LogP contribution in [0, 0.1) is 5.92 Å². The second kappa shape index (κ2) is 4.15. The maximum atomic E-state index is 12.3. The number of methoxy groups -OCH3 is 1. The van der Waals surface area contributed by atoms with Gasteiger partial charge >= 0.3 is 0 Å². The van der Waals surface area contributed by atoms with Gasteiger partial charge in [0.15, 0.2) is 5.78 Å². The Morgan fingerprint density at radius 3 is 3.00 bits per heavy atom. The number of Topliss-reactive ketones (excluding diaryl/α,β-unsaturated/α-hetero) is 1. The van der Waals surface area contributed by atoms with Crippen molar-refractivity contribution in [3.63, 3.8) is 0 Å². The molecule has 0 bridgehead atoms. The summed E-state index contributed by atoms with van der Waals surface area (Å²) in [4.78, 5) is 12.3. The van der Waals surface area contributed by atoms with Crippen molar-refractivity contribution in [2.24, 2.45) is 5.92 Å². The number of benzene rings is 1. The van der Waals surface area contributed by atoms with Crippen molar-refractivity contribution in [2.75, 3.05) is 13.7 Å². The van der Waals surface area contributed by atoms with Gasteiger partial charge in [-0.05, 0) is 42.5 Å². The smallest absolute Gasteiger partial charge is 0.191 e. The molecule has 0 N–H and O–H groups in total. The number of rotatable bonds is 4. The molecule has 1 unspecified atom stereocenters. The van der Waals surface area contributed by atoms with E-state index in [1.165, 1.54) is 0 Å². The molecule has 1 aromatic rings. The van der Waals surface area contributed by atoms with E-state index in [0.717, 1.165) is 42.7 Å². The maximum Gasteiger partial charge on any atom is 0.191 e. The van der Waals surface area contributed by atoms with Crippen molar-refractivity contribution in [3.8, 4) is 5.75 Å². The lowest BCUT2D eigenvalue weighted by atomic mass is 10.00. The third kappa shape index (κ3) is 1.95. The zero-order valence-electron chi connectivity index (χ0n) is 9.94. The Morgan fingerprint density at radius 1 is 1.47 bits per heavy atom. The van der Waals surface area contributed by atoms with Gasteiger partial charge in [0.1, 0.15) is 11.9 Å². The summed E-state index contributed by atoms with van der Waals surface area (Å²) < 4.78 is 10.8. The Balaban J connectivity index is 1.85. The summed E-state index contributed by atoms with van der Waals surface area (Å²) in [6, 6.07) is 5.70. The molecule has 1 saturated carbocycles. The van der Waals surface area contributed by atoms with Crippen LogP contribution in [-0.2, 0) is 11.2 Å². The molecule has 1 aliphatic heterocycles. The van der Waals surface area contributed by atoms with Gasteiger partial charge in [0.05, 0.1) is 6.61 Å². The molecule has 0 radical (unpaired) electrons. The second-order valence-electron chi connectivity index (χ2n) is 4.78. The van der Waals surface area contributed by atoms with Crippen LogP contribution in [0.2, 0.25) is 0 Å². The number of ketones is 1. The van der Waals surface area contributed by atoms with Gasteiger partial charge in [-0.15, -0.1) is 0 Å². The number of hydrogen-bond donors (Lipinski definition) is 0. The van der Waals surface area contributed by atoms with E-state index in [4.69, 9.17) is 9.47 Å². The molecule has 3 nitrogen and oxygen atoms in total. The van der Waals surface area contributed by atoms with Crippen LogP contribution in [0.4, 0.5) is 0 Å². The Hall–Kier alpha value is -1.35. The fourth-order valence-electron chi connectivity index (χ4n) is 2.42. The number of hydrogen-bond acceptors (Lipinski definition) is 3. The first-order chi connectivity index (χ1) is 8.29. The average molecular weight is 232 g/mol. The van der Waals surface area contributed by atoms with E-state index in [1.54, 1.807) is 7.11 Å². The third-order valence-electron chi connectivity index (χ3n) is 3.54. The first kappa shape index (κ1) is 10.8. The molecule has 3 heteroatoms. The molecule has 0 spiro atoms. The third-order valence-corrected chi connectivity index (χ3v) is 3.54. The topological polar surface area (TPSA) is 35.5 Å². The lowest BCUT2D eigenvalue weighted by molar-refractivity contribution is 0.0540. The van der Waals surface area contributed by atoms with Gasteiger partial charge in [-0.25, -0.2) is 0 Å². The minimum absolute atomic E-state index is 0.115. The number of carbonyl (C=O) groups is 1. The van der Waals surface area contributed by atoms with E-state index < -0.39 is 0 Å². The van der Waals surface area contributed by atoms with E-state index in [1.807, 2.05) is 18.2 Å². The molecule has 1 fully saturated rings. The summed E-state index contributed by atoms with van der Waals surface area (Å²) in [7, 11) is 1.62. The Morgan fingerprint density at radius 2 is 2.29 bits per heavy atom. The fourth-order valence-corrected chi connectivity index (χ4v) is 2.42. The number of ether oxygens (including phenoxy) is 2. The molecule has 0 amide bonds. The van der Waals surface area contributed by atoms with Crippen LogP contribution < -0.4 is 4.74 Å². The van der Waals surface area contributed by atoms with Crippen LogP contribution in [0.1, 0.15) is 28.8 Å². The lowest BCUT2D eigenvalue weighted by Gasteiger charge is -2.13. The van der Waals surface area contributed by atoms with Crippen molar-refractivity contribution in [1.82, 2.24) is 0 Å². The normalized spacial score (nSPS) is 19.6. The van der Waals surface area contributed by atoms with Gasteiger partial charge in [0, 0.05) is 19.1 Å². The quantitative estimate of drug-likeness (QED) is 0.747. The molecule has 0 saturated heterocycles. The number of carbonyl (C=O) groups excluding carboxylic acids is 1. The Bertz CT molecular complexity index is 449. The highest BCUT2D eigenvalue weighted by Crippen LogP contribution is 2.36. The monoisotopic (exact) mass is 232 g/mol. The predicted octanol–water partition coefficient (Wildman–Crippen LogP) is 2.23. The minimum atomic E-state index is -0.254. The van der Waals surface area contributed by atoms with Crippen LogP contribution in [0.3, 0.4) is 0 Å². The molecule has 1 atom stereocenters. The van der Waals surface area contributed by atoms with Crippen LogP contribution in [0.25, 0.3) is 0 Å². The standard InChI is InChI=1S/C14H16O3/c1-16-14(9-2-3-9)13(15)11-4-5-12-10(8-11)6-7-17-12/h4-5,8-9,14H,2-3,6-7H2,1H3. The van der Waals surface area contributed by atoms with E-state index in [0.29, 0.717) is 5.92 Å². The fraction of sp³-hybridized carbons (Fsp3) is 0.500. The Kier molecular flexibility index (Phi) is 2.63. The molecule has 1 heterocycles.